The summed E-state index contributed by atoms with van der Waals surface area (Å²) < 4.78 is 6.26. The van der Waals surface area contributed by atoms with Crippen LogP contribution in [0.1, 0.15) is 18.4 Å². The minimum Gasteiger partial charge on any atom is -0.474 e. The molecule has 0 unspecified atom stereocenters. The molecule has 154 valence electrons. The lowest BCUT2D eigenvalue weighted by Crippen LogP contribution is -2.38. The summed E-state index contributed by atoms with van der Waals surface area (Å²) in [5.41, 5.74) is 3.92. The minimum absolute atomic E-state index is 0.197. The Morgan fingerprint density at radius 1 is 0.967 bits per heavy atom. The summed E-state index contributed by atoms with van der Waals surface area (Å²) in [6.45, 7) is 2.95. The zero-order chi connectivity index (χ0) is 20.3. The smallest absolute Gasteiger partial charge is 0.218 e. The normalized spacial score (nSPS) is 16.6. The lowest BCUT2D eigenvalue weighted by molar-refractivity contribution is 0.164. The Bertz CT molecular complexity index is 1010. The van der Waals surface area contributed by atoms with E-state index in [-0.39, 0.29) is 6.10 Å². The molecule has 0 saturated carbocycles. The Balaban J connectivity index is 1.25. The van der Waals surface area contributed by atoms with E-state index in [9.17, 15) is 0 Å². The Labute approximate surface area is 182 Å². The largest absolute Gasteiger partial charge is 0.474 e. The summed E-state index contributed by atoms with van der Waals surface area (Å²) in [4.78, 5) is 14.9. The monoisotopic (exact) mass is 418 g/mol. The quantitative estimate of drug-likeness (QED) is 0.547. The van der Waals surface area contributed by atoms with Gasteiger partial charge in [0.15, 0.2) is 0 Å². The van der Waals surface area contributed by atoms with Gasteiger partial charge in [-0.25, -0.2) is 9.97 Å². The number of nitrogens with zero attached hydrogens (tertiary/aromatic N) is 4. The first-order chi connectivity index (χ1) is 14.8. The summed E-state index contributed by atoms with van der Waals surface area (Å²) in [6.07, 6.45) is 6.98. The number of hydrogen-bond donors (Lipinski definition) is 0. The third-order valence-electron chi connectivity index (χ3n) is 5.94. The lowest BCUT2D eigenvalue weighted by Gasteiger charge is -2.33. The highest BCUT2D eigenvalue weighted by atomic mass is 32.2. The van der Waals surface area contributed by atoms with Crippen LogP contribution in [0.25, 0.3) is 0 Å². The van der Waals surface area contributed by atoms with E-state index >= 15 is 0 Å². The van der Waals surface area contributed by atoms with Crippen molar-refractivity contribution in [3.63, 3.8) is 0 Å². The summed E-state index contributed by atoms with van der Waals surface area (Å²) in [5.74, 6) is 1.59. The van der Waals surface area contributed by atoms with E-state index in [4.69, 9.17) is 4.74 Å². The molecule has 1 aromatic heterocycles. The number of anilines is 3. The molecule has 0 spiro atoms. The van der Waals surface area contributed by atoms with Gasteiger partial charge in [-0.2, -0.15) is 0 Å². The van der Waals surface area contributed by atoms with Gasteiger partial charge < -0.3 is 14.5 Å². The number of piperidine rings is 1. The fourth-order valence-corrected chi connectivity index (χ4v) is 4.79. The molecule has 0 radical (unpaired) electrons. The van der Waals surface area contributed by atoms with Gasteiger partial charge in [-0.3, -0.25) is 0 Å². The van der Waals surface area contributed by atoms with Crippen LogP contribution in [-0.2, 0) is 6.42 Å². The fraction of sp³-hybridized carbons (Fsp3) is 0.333. The van der Waals surface area contributed by atoms with Crippen molar-refractivity contribution in [1.82, 2.24) is 9.97 Å². The van der Waals surface area contributed by atoms with E-state index in [2.05, 4.69) is 74.6 Å². The zero-order valence-electron chi connectivity index (χ0n) is 17.2. The Kier molecular flexibility index (Phi) is 5.49. The molecule has 0 atom stereocenters. The van der Waals surface area contributed by atoms with Crippen molar-refractivity contribution < 1.29 is 4.74 Å². The standard InChI is InChI=1S/C24H26N4OS/c1-30-21-7-8-22-18(15-21)9-14-28(22)23-16-24(26-17-25-23)29-20-10-12-27(13-11-20)19-5-3-2-4-6-19/h2-8,15-17,20H,9-14H2,1H3. The van der Waals surface area contributed by atoms with Crippen molar-refractivity contribution >= 4 is 29.0 Å². The van der Waals surface area contributed by atoms with Crippen LogP contribution >= 0.6 is 11.8 Å². The maximum Gasteiger partial charge on any atom is 0.218 e. The van der Waals surface area contributed by atoms with Crippen LogP contribution in [-0.4, -0.2) is 42.0 Å². The first-order valence-corrected chi connectivity index (χ1v) is 11.8. The van der Waals surface area contributed by atoms with Gasteiger partial charge in [-0.15, -0.1) is 11.8 Å². The van der Waals surface area contributed by atoms with Gasteiger partial charge in [0.1, 0.15) is 18.2 Å². The van der Waals surface area contributed by atoms with Crippen LogP contribution < -0.4 is 14.5 Å². The summed E-state index contributed by atoms with van der Waals surface area (Å²) >= 11 is 1.78. The number of rotatable bonds is 5. The molecule has 2 aliphatic heterocycles. The van der Waals surface area contributed by atoms with Crippen molar-refractivity contribution in [2.24, 2.45) is 0 Å². The highest BCUT2D eigenvalue weighted by molar-refractivity contribution is 7.98. The minimum atomic E-state index is 0.197. The summed E-state index contributed by atoms with van der Waals surface area (Å²) in [5, 5.41) is 0. The third-order valence-corrected chi connectivity index (χ3v) is 6.66. The number of fused-ring (bicyclic) bond motifs is 1. The Morgan fingerprint density at radius 2 is 1.80 bits per heavy atom. The lowest BCUT2D eigenvalue weighted by atomic mass is 10.1. The van der Waals surface area contributed by atoms with Gasteiger partial charge in [-0.1, -0.05) is 18.2 Å². The Morgan fingerprint density at radius 3 is 2.60 bits per heavy atom. The molecule has 3 heterocycles. The molecule has 0 bridgehead atoms. The summed E-state index contributed by atoms with van der Waals surface area (Å²) in [6, 6.07) is 19.3. The molecule has 0 amide bonds. The second-order valence-electron chi connectivity index (χ2n) is 7.75. The zero-order valence-corrected chi connectivity index (χ0v) is 18.0. The highest BCUT2D eigenvalue weighted by Gasteiger charge is 2.24. The van der Waals surface area contributed by atoms with E-state index in [1.165, 1.54) is 21.8 Å². The molecule has 1 fully saturated rings. The maximum atomic E-state index is 6.26. The number of para-hydroxylation sites is 1. The fourth-order valence-electron chi connectivity index (χ4n) is 4.33. The molecule has 3 aromatic rings. The molecule has 1 saturated heterocycles. The molecule has 2 aliphatic rings. The second kappa shape index (κ2) is 8.56. The molecule has 0 aliphatic carbocycles. The van der Waals surface area contributed by atoms with Crippen LogP contribution in [0.3, 0.4) is 0 Å². The number of thioether (sulfide) groups is 1. The van der Waals surface area contributed by atoms with E-state index in [0.29, 0.717) is 5.88 Å². The molecule has 5 rings (SSSR count). The maximum absolute atomic E-state index is 6.26. The van der Waals surface area contributed by atoms with Gasteiger partial charge in [0, 0.05) is 54.8 Å². The van der Waals surface area contributed by atoms with Crippen LogP contribution in [0.15, 0.2) is 65.8 Å². The average Bonchev–Trinajstić information content (AvgIpc) is 3.23. The van der Waals surface area contributed by atoms with Crippen molar-refractivity contribution in [2.75, 3.05) is 35.7 Å². The van der Waals surface area contributed by atoms with Gasteiger partial charge in [0.2, 0.25) is 5.88 Å². The van der Waals surface area contributed by atoms with E-state index in [0.717, 1.165) is 44.7 Å². The van der Waals surface area contributed by atoms with Crippen LogP contribution in [0.4, 0.5) is 17.2 Å². The number of aromatic nitrogens is 2. The molecular formula is C24H26N4OS. The molecule has 6 heteroatoms. The van der Waals surface area contributed by atoms with Crippen molar-refractivity contribution in [3.05, 3.63) is 66.5 Å². The predicted octanol–water partition coefficient (Wildman–Crippen LogP) is 4.94. The van der Waals surface area contributed by atoms with Crippen molar-refractivity contribution in [2.45, 2.75) is 30.3 Å². The number of ether oxygens (including phenoxy) is 1. The number of benzene rings is 2. The molecule has 5 nitrogen and oxygen atoms in total. The number of hydrogen-bond acceptors (Lipinski definition) is 6. The highest BCUT2D eigenvalue weighted by Crippen LogP contribution is 2.36. The van der Waals surface area contributed by atoms with Crippen LogP contribution in [0, 0.1) is 0 Å². The molecule has 30 heavy (non-hydrogen) atoms. The van der Waals surface area contributed by atoms with Gasteiger partial charge in [0.25, 0.3) is 0 Å². The second-order valence-corrected chi connectivity index (χ2v) is 8.63. The van der Waals surface area contributed by atoms with Crippen molar-refractivity contribution in [1.29, 1.82) is 0 Å². The van der Waals surface area contributed by atoms with Gasteiger partial charge in [0.05, 0.1) is 0 Å². The summed E-state index contributed by atoms with van der Waals surface area (Å²) in [7, 11) is 0. The third kappa shape index (κ3) is 3.97. The molecular weight excluding hydrogens is 392 g/mol. The topological polar surface area (TPSA) is 41.5 Å². The van der Waals surface area contributed by atoms with Gasteiger partial charge in [-0.05, 0) is 48.6 Å². The first kappa shape index (κ1) is 19.2. The van der Waals surface area contributed by atoms with Crippen molar-refractivity contribution in [3.8, 4) is 5.88 Å². The van der Waals surface area contributed by atoms with Gasteiger partial charge >= 0.3 is 0 Å². The molecule has 2 aromatic carbocycles. The SMILES string of the molecule is CSc1ccc2c(c1)CCN2c1cc(OC2CCN(c3ccccc3)CC2)ncn1. The van der Waals surface area contributed by atoms with E-state index < -0.39 is 0 Å². The van der Waals surface area contributed by atoms with E-state index in [1.807, 2.05) is 6.07 Å². The first-order valence-electron chi connectivity index (χ1n) is 10.5. The van der Waals surface area contributed by atoms with E-state index in [1.54, 1.807) is 18.1 Å². The van der Waals surface area contributed by atoms with Crippen LogP contribution in [0.5, 0.6) is 5.88 Å². The average molecular weight is 419 g/mol. The molecule has 0 N–H and O–H groups in total. The van der Waals surface area contributed by atoms with Crippen LogP contribution in [0.2, 0.25) is 0 Å². The predicted molar refractivity (Wildman–Crippen MR) is 123 cm³/mol. The Hall–Kier alpha value is -2.73.